The Balaban J connectivity index is 0. The van der Waals surface area contributed by atoms with Gasteiger partial charge in [0, 0.05) is 5.97 Å². The molecule has 0 heterocycles. The van der Waals surface area contributed by atoms with Gasteiger partial charge in [0.2, 0.25) is 0 Å². The summed E-state index contributed by atoms with van der Waals surface area (Å²) in [4.78, 5) is 10.1. The molecule has 0 aromatic heterocycles. The lowest BCUT2D eigenvalue weighted by Crippen LogP contribution is -2.21. The maximum Gasteiger partial charge on any atom is 0.181 e. The largest absolute Gasteiger partial charge is 0.550 e. The van der Waals surface area contributed by atoms with Gasteiger partial charge in [0.15, 0.2) is 13.1 Å². The molecular weight excluding hydrogens is 262 g/mol. The van der Waals surface area contributed by atoms with Crippen LogP contribution in [0.3, 0.4) is 0 Å². The van der Waals surface area contributed by atoms with Crippen molar-refractivity contribution >= 4 is 5.97 Å². The molecule has 0 spiro atoms. The van der Waals surface area contributed by atoms with Crippen molar-refractivity contribution in [3.8, 4) is 0 Å². The first-order chi connectivity index (χ1) is 10.2. The monoisotopic (exact) mass is 299 g/mol. The standard InChI is InChI=1S/C14H28O2.C4H10N/c1-2-3-4-5-6-7-8-9-10-11-12-13-14(15)16;1-3-5-4-2/h2-13H2,1H3,(H,15,16);3-4H2,1-2H3/q;+1/p-1. The number of nitrogens with zero attached hydrogens (tertiary/aromatic N) is 1. The molecule has 126 valence electrons. The number of unbranched alkanes of at least 4 members (excludes halogenated alkanes) is 10. The zero-order valence-corrected chi connectivity index (χ0v) is 14.7. The molecule has 0 aliphatic heterocycles. The van der Waals surface area contributed by atoms with Crippen molar-refractivity contribution in [1.82, 2.24) is 5.32 Å². The molecule has 0 aromatic rings. The Morgan fingerprint density at radius 1 is 0.714 bits per heavy atom. The van der Waals surface area contributed by atoms with Gasteiger partial charge in [-0.3, -0.25) is 0 Å². The van der Waals surface area contributed by atoms with Crippen molar-refractivity contribution in [3.63, 3.8) is 0 Å². The van der Waals surface area contributed by atoms with Crippen LogP contribution in [0.1, 0.15) is 97.8 Å². The Hall–Kier alpha value is -0.570. The Kier molecular flexibility index (Phi) is 23.5. The van der Waals surface area contributed by atoms with Crippen LogP contribution in [-0.4, -0.2) is 19.1 Å². The molecule has 0 aliphatic carbocycles. The van der Waals surface area contributed by atoms with Crippen molar-refractivity contribution in [2.45, 2.75) is 97.8 Å². The molecule has 0 saturated carbocycles. The first-order valence-corrected chi connectivity index (χ1v) is 9.02. The van der Waals surface area contributed by atoms with Gasteiger partial charge in [0.05, 0.1) is 5.32 Å². The molecule has 0 amide bonds. The van der Waals surface area contributed by atoms with Crippen LogP contribution in [0.2, 0.25) is 0 Å². The number of carbonyl (C=O) groups is 1. The lowest BCUT2D eigenvalue weighted by atomic mass is 10.1. The fourth-order valence-corrected chi connectivity index (χ4v) is 2.16. The van der Waals surface area contributed by atoms with E-state index in [9.17, 15) is 9.90 Å². The number of carboxylic acids is 1. The van der Waals surface area contributed by atoms with Gasteiger partial charge in [-0.05, 0) is 26.7 Å². The average Bonchev–Trinajstić information content (AvgIpc) is 2.46. The lowest BCUT2D eigenvalue weighted by Gasteiger charge is -2.03. The molecule has 0 saturated heterocycles. The minimum absolute atomic E-state index is 0.233. The van der Waals surface area contributed by atoms with Gasteiger partial charge in [-0.2, -0.15) is 0 Å². The maximum absolute atomic E-state index is 10.1. The minimum atomic E-state index is -0.907. The molecule has 0 aromatic carbocycles. The molecule has 0 atom stereocenters. The summed E-state index contributed by atoms with van der Waals surface area (Å²) in [5, 5.41) is 14.1. The zero-order chi connectivity index (χ0) is 16.2. The molecule has 3 nitrogen and oxygen atoms in total. The summed E-state index contributed by atoms with van der Waals surface area (Å²) in [5.41, 5.74) is 0. The predicted octanol–water partition coefficient (Wildman–Crippen LogP) is 4.07. The molecule has 0 aliphatic rings. The fraction of sp³-hybridized carbons (Fsp3) is 0.944. The molecule has 0 fully saturated rings. The van der Waals surface area contributed by atoms with Gasteiger partial charge in [-0.15, -0.1) is 0 Å². The summed E-state index contributed by atoms with van der Waals surface area (Å²) >= 11 is 0. The zero-order valence-electron chi connectivity index (χ0n) is 14.7. The highest BCUT2D eigenvalue weighted by molar-refractivity contribution is 5.63. The highest BCUT2D eigenvalue weighted by Crippen LogP contribution is 2.11. The van der Waals surface area contributed by atoms with Gasteiger partial charge >= 0.3 is 0 Å². The summed E-state index contributed by atoms with van der Waals surface area (Å²) in [5.74, 6) is -0.907. The third kappa shape index (κ3) is 28.3. The van der Waals surface area contributed by atoms with Crippen molar-refractivity contribution in [3.05, 3.63) is 0 Å². The molecule has 3 heteroatoms. The van der Waals surface area contributed by atoms with E-state index in [4.69, 9.17) is 0 Å². The van der Waals surface area contributed by atoms with Crippen LogP contribution in [-0.2, 0) is 4.79 Å². The van der Waals surface area contributed by atoms with Gasteiger partial charge in [0.1, 0.15) is 0 Å². The van der Waals surface area contributed by atoms with E-state index in [2.05, 4.69) is 12.2 Å². The smallest absolute Gasteiger partial charge is 0.181 e. The Labute approximate surface area is 132 Å². The Bertz CT molecular complexity index is 194. The Morgan fingerprint density at radius 2 is 1.10 bits per heavy atom. The second kappa shape index (κ2) is 21.7. The summed E-state index contributed by atoms with van der Waals surface area (Å²) < 4.78 is 0. The second-order valence-corrected chi connectivity index (χ2v) is 5.51. The van der Waals surface area contributed by atoms with E-state index < -0.39 is 5.97 Å². The molecular formula is C18H37NO2. The number of rotatable bonds is 14. The quantitative estimate of drug-likeness (QED) is 0.454. The van der Waals surface area contributed by atoms with E-state index in [1.165, 1.54) is 57.8 Å². The molecule has 0 rings (SSSR count). The topological polar surface area (TPSA) is 54.2 Å². The first kappa shape index (κ1) is 22.7. The number of aliphatic carboxylic acids is 1. The van der Waals surface area contributed by atoms with Crippen LogP contribution in [0.25, 0.3) is 0 Å². The van der Waals surface area contributed by atoms with Gasteiger partial charge in [-0.25, -0.2) is 0 Å². The van der Waals surface area contributed by atoms with Gasteiger partial charge in [-0.1, -0.05) is 71.1 Å². The second-order valence-electron chi connectivity index (χ2n) is 5.51. The van der Waals surface area contributed by atoms with E-state index in [-0.39, 0.29) is 6.42 Å². The third-order valence-electron chi connectivity index (χ3n) is 3.43. The van der Waals surface area contributed by atoms with E-state index >= 15 is 0 Å². The van der Waals surface area contributed by atoms with Gasteiger partial charge < -0.3 is 9.90 Å². The maximum atomic E-state index is 10.1. The van der Waals surface area contributed by atoms with E-state index in [1.807, 2.05) is 13.8 Å². The van der Waals surface area contributed by atoms with Crippen LogP contribution in [0, 0.1) is 0 Å². The normalized spacial score (nSPS) is 10.0. The van der Waals surface area contributed by atoms with E-state index in [0.717, 1.165) is 25.9 Å². The predicted molar refractivity (Wildman–Crippen MR) is 89.3 cm³/mol. The Morgan fingerprint density at radius 3 is 1.38 bits per heavy atom. The number of hydrogen-bond donors (Lipinski definition) is 0. The van der Waals surface area contributed by atoms with Crippen LogP contribution in [0.15, 0.2) is 0 Å². The molecule has 0 N–H and O–H groups in total. The minimum Gasteiger partial charge on any atom is -0.550 e. The first-order valence-electron chi connectivity index (χ1n) is 9.02. The fourth-order valence-electron chi connectivity index (χ4n) is 2.16. The molecule has 2 radical (unpaired) electrons. The van der Waals surface area contributed by atoms with Crippen LogP contribution < -0.4 is 10.4 Å². The highest BCUT2D eigenvalue weighted by Gasteiger charge is 1.93. The number of hydrogen-bond acceptors (Lipinski definition) is 2. The molecule has 0 bridgehead atoms. The molecule has 0 unspecified atom stereocenters. The van der Waals surface area contributed by atoms with Crippen LogP contribution in [0.5, 0.6) is 0 Å². The van der Waals surface area contributed by atoms with Crippen molar-refractivity contribution in [2.24, 2.45) is 0 Å². The number of carboxylic acid groups (broad SMARTS) is 1. The average molecular weight is 299 g/mol. The lowest BCUT2D eigenvalue weighted by molar-refractivity contribution is -0.305. The van der Waals surface area contributed by atoms with Crippen molar-refractivity contribution in [2.75, 3.05) is 13.1 Å². The summed E-state index contributed by atoms with van der Waals surface area (Å²) in [6.07, 6.45) is 14.0. The van der Waals surface area contributed by atoms with E-state index in [1.54, 1.807) is 0 Å². The highest BCUT2D eigenvalue weighted by atomic mass is 16.4. The SMILES string of the molecule is CCCCCCCCCCCCCC(=O)[O-].CC[N+]CC. The summed E-state index contributed by atoms with van der Waals surface area (Å²) in [6.45, 7) is 8.27. The van der Waals surface area contributed by atoms with Crippen molar-refractivity contribution in [1.29, 1.82) is 0 Å². The van der Waals surface area contributed by atoms with Gasteiger partial charge in [0.25, 0.3) is 0 Å². The third-order valence-corrected chi connectivity index (χ3v) is 3.43. The summed E-state index contributed by atoms with van der Waals surface area (Å²) in [7, 11) is 0. The number of carbonyl (C=O) groups excluding carboxylic acids is 1. The summed E-state index contributed by atoms with van der Waals surface area (Å²) in [6, 6.07) is 0. The molecule has 21 heavy (non-hydrogen) atoms. The van der Waals surface area contributed by atoms with Crippen LogP contribution >= 0.6 is 0 Å². The van der Waals surface area contributed by atoms with Crippen molar-refractivity contribution < 1.29 is 9.90 Å². The van der Waals surface area contributed by atoms with E-state index in [0.29, 0.717) is 0 Å². The van der Waals surface area contributed by atoms with Crippen LogP contribution in [0.4, 0.5) is 0 Å².